The topological polar surface area (TPSA) is 97.5 Å². The highest BCUT2D eigenvalue weighted by molar-refractivity contribution is 7.89. The molecule has 0 atom stereocenters. The molecule has 1 heterocycles. The lowest BCUT2D eigenvalue weighted by molar-refractivity contribution is 0.391. The third-order valence-corrected chi connectivity index (χ3v) is 6.67. The van der Waals surface area contributed by atoms with Gasteiger partial charge in [-0.15, -0.1) is 0 Å². The van der Waals surface area contributed by atoms with Gasteiger partial charge in [0.2, 0.25) is 20.0 Å². The van der Waals surface area contributed by atoms with Crippen molar-refractivity contribution >= 4 is 20.0 Å². The minimum atomic E-state index is -3.84. The lowest BCUT2D eigenvalue weighted by Gasteiger charge is -2.28. The molecule has 1 aliphatic heterocycles. The Morgan fingerprint density at radius 3 is 2.00 bits per heavy atom. The van der Waals surface area contributed by atoms with Gasteiger partial charge in [0, 0.05) is 13.1 Å². The van der Waals surface area contributed by atoms with Crippen LogP contribution in [0, 0.1) is 0 Å². The summed E-state index contributed by atoms with van der Waals surface area (Å²) in [5.74, 6) is 0. The summed E-state index contributed by atoms with van der Waals surface area (Å²) in [5.41, 5.74) is 2.15. The molecule has 0 aliphatic carbocycles. The van der Waals surface area contributed by atoms with Gasteiger partial charge in [0.1, 0.15) is 0 Å². The molecule has 0 radical (unpaired) electrons. The van der Waals surface area contributed by atoms with Gasteiger partial charge in [0.25, 0.3) is 0 Å². The summed E-state index contributed by atoms with van der Waals surface area (Å²) in [6, 6.07) is 12.7. The van der Waals surface area contributed by atoms with Crippen LogP contribution in [0.1, 0.15) is 11.1 Å². The van der Waals surface area contributed by atoms with Gasteiger partial charge >= 0.3 is 0 Å². The van der Waals surface area contributed by atoms with Crippen LogP contribution in [0.15, 0.2) is 58.3 Å². The summed E-state index contributed by atoms with van der Waals surface area (Å²) in [5, 5.41) is 5.02. The molecule has 3 rings (SSSR count). The van der Waals surface area contributed by atoms with Gasteiger partial charge in [-0.1, -0.05) is 24.3 Å². The van der Waals surface area contributed by atoms with Crippen molar-refractivity contribution in [2.45, 2.75) is 22.8 Å². The van der Waals surface area contributed by atoms with E-state index in [0.29, 0.717) is 19.5 Å². The predicted molar refractivity (Wildman–Crippen MR) is 85.6 cm³/mol. The maximum atomic E-state index is 12.7. The fraction of sp³-hybridized carbons (Fsp3) is 0.200. The molecule has 0 spiro atoms. The molecular weight excluding hydrogens is 336 g/mol. The van der Waals surface area contributed by atoms with Gasteiger partial charge in [0.05, 0.1) is 9.79 Å². The van der Waals surface area contributed by atoms with Crippen molar-refractivity contribution in [2.24, 2.45) is 5.14 Å². The van der Waals surface area contributed by atoms with Crippen LogP contribution in [-0.2, 0) is 33.0 Å². The Labute approximate surface area is 135 Å². The molecule has 0 bridgehead atoms. The lowest BCUT2D eigenvalue weighted by atomic mass is 10.0. The molecule has 1 aliphatic rings. The van der Waals surface area contributed by atoms with E-state index in [9.17, 15) is 16.8 Å². The monoisotopic (exact) mass is 352 g/mol. The molecule has 0 amide bonds. The molecule has 23 heavy (non-hydrogen) atoms. The maximum absolute atomic E-state index is 12.7. The first-order chi connectivity index (χ1) is 10.8. The van der Waals surface area contributed by atoms with Crippen LogP contribution in [0.25, 0.3) is 0 Å². The fourth-order valence-corrected chi connectivity index (χ4v) is 4.56. The first-order valence-corrected chi connectivity index (χ1v) is 9.97. The normalized spacial score (nSPS) is 16.0. The number of hydrogen-bond donors (Lipinski definition) is 1. The van der Waals surface area contributed by atoms with Gasteiger partial charge in [-0.25, -0.2) is 22.0 Å². The Balaban J connectivity index is 1.91. The smallest absolute Gasteiger partial charge is 0.225 e. The predicted octanol–water partition coefficient (Wildman–Crippen LogP) is 1.08. The first kappa shape index (κ1) is 16.1. The zero-order valence-corrected chi connectivity index (χ0v) is 13.8. The molecule has 0 saturated heterocycles. The molecule has 0 fully saturated rings. The summed E-state index contributed by atoms with van der Waals surface area (Å²) in [6.45, 7) is 0.714. The Bertz CT molecular complexity index is 936. The van der Waals surface area contributed by atoms with Crippen molar-refractivity contribution in [1.29, 1.82) is 0 Å². The number of benzene rings is 2. The maximum Gasteiger partial charge on any atom is 0.243 e. The Morgan fingerprint density at radius 1 is 0.826 bits per heavy atom. The van der Waals surface area contributed by atoms with Crippen LogP contribution in [0.5, 0.6) is 0 Å². The Hall–Kier alpha value is -1.74. The van der Waals surface area contributed by atoms with Gasteiger partial charge in [0.15, 0.2) is 0 Å². The molecule has 0 unspecified atom stereocenters. The highest BCUT2D eigenvalue weighted by atomic mass is 32.2. The van der Waals surface area contributed by atoms with Crippen LogP contribution in [-0.4, -0.2) is 27.7 Å². The highest BCUT2D eigenvalue weighted by Gasteiger charge is 2.28. The third kappa shape index (κ3) is 3.16. The van der Waals surface area contributed by atoms with E-state index in [1.807, 2.05) is 24.3 Å². The molecule has 122 valence electrons. The molecule has 2 aromatic rings. The fourth-order valence-electron chi connectivity index (χ4n) is 2.63. The van der Waals surface area contributed by atoms with Crippen molar-refractivity contribution in [3.63, 3.8) is 0 Å². The number of rotatable bonds is 3. The van der Waals surface area contributed by atoms with Crippen molar-refractivity contribution in [3.05, 3.63) is 59.7 Å². The van der Waals surface area contributed by atoms with E-state index >= 15 is 0 Å². The number of fused-ring (bicyclic) bond motifs is 1. The number of nitrogens with two attached hydrogens (primary N) is 1. The molecule has 6 nitrogen and oxygen atoms in total. The van der Waals surface area contributed by atoms with Gasteiger partial charge in [-0.2, -0.15) is 4.31 Å². The average molecular weight is 352 g/mol. The second-order valence-corrected chi connectivity index (χ2v) is 8.87. The number of nitrogens with zero attached hydrogens (tertiary/aromatic N) is 1. The molecule has 2 N–H and O–H groups in total. The molecule has 8 heteroatoms. The largest absolute Gasteiger partial charge is 0.243 e. The molecule has 2 aromatic carbocycles. The summed E-state index contributed by atoms with van der Waals surface area (Å²) in [4.78, 5) is -0.0512. The van der Waals surface area contributed by atoms with Crippen LogP contribution in [0.3, 0.4) is 0 Å². The SMILES string of the molecule is NS(=O)(=O)c1ccc(S(=O)(=O)N2CCc3ccccc3C2)cc1. The van der Waals surface area contributed by atoms with E-state index < -0.39 is 20.0 Å². The second kappa shape index (κ2) is 5.72. The quantitative estimate of drug-likeness (QED) is 0.894. The van der Waals surface area contributed by atoms with E-state index in [-0.39, 0.29) is 9.79 Å². The van der Waals surface area contributed by atoms with Crippen molar-refractivity contribution in [2.75, 3.05) is 6.54 Å². The zero-order valence-electron chi connectivity index (χ0n) is 12.2. The van der Waals surface area contributed by atoms with Crippen molar-refractivity contribution < 1.29 is 16.8 Å². The van der Waals surface area contributed by atoms with Crippen LogP contribution >= 0.6 is 0 Å². The van der Waals surface area contributed by atoms with Crippen molar-refractivity contribution in [3.8, 4) is 0 Å². The van der Waals surface area contributed by atoms with Gasteiger partial charge < -0.3 is 0 Å². The van der Waals surface area contributed by atoms with Crippen LogP contribution in [0.2, 0.25) is 0 Å². The highest BCUT2D eigenvalue weighted by Crippen LogP contribution is 2.25. The minimum Gasteiger partial charge on any atom is -0.225 e. The third-order valence-electron chi connectivity index (χ3n) is 3.89. The minimum absolute atomic E-state index is 0.0595. The number of hydrogen-bond acceptors (Lipinski definition) is 4. The second-order valence-electron chi connectivity index (χ2n) is 5.37. The van der Waals surface area contributed by atoms with Crippen LogP contribution < -0.4 is 5.14 Å². The molecule has 0 aromatic heterocycles. The van der Waals surface area contributed by atoms with E-state index in [0.717, 1.165) is 11.1 Å². The van der Waals surface area contributed by atoms with E-state index in [1.165, 1.54) is 28.6 Å². The van der Waals surface area contributed by atoms with E-state index in [1.54, 1.807) is 0 Å². The summed E-state index contributed by atoms with van der Waals surface area (Å²) in [6.07, 6.45) is 0.657. The van der Waals surface area contributed by atoms with Crippen molar-refractivity contribution in [1.82, 2.24) is 4.31 Å². The summed E-state index contributed by atoms with van der Waals surface area (Å²) in [7, 11) is -7.51. The standard InChI is InChI=1S/C15H16N2O4S2/c16-22(18,19)14-5-7-15(8-6-14)23(20,21)17-10-9-12-3-1-2-4-13(12)11-17/h1-8H,9-11H2,(H2,16,18,19). The summed E-state index contributed by atoms with van der Waals surface area (Å²) >= 11 is 0. The zero-order chi connectivity index (χ0) is 16.7. The average Bonchev–Trinajstić information content (AvgIpc) is 2.53. The Morgan fingerprint density at radius 2 is 1.39 bits per heavy atom. The van der Waals surface area contributed by atoms with E-state index in [2.05, 4.69) is 0 Å². The number of sulfonamides is 2. The molecule has 0 saturated carbocycles. The van der Waals surface area contributed by atoms with Gasteiger partial charge in [-0.3, -0.25) is 0 Å². The van der Waals surface area contributed by atoms with E-state index in [4.69, 9.17) is 5.14 Å². The summed E-state index contributed by atoms with van der Waals surface area (Å²) < 4.78 is 49.3. The Kier molecular flexibility index (Phi) is 4.01. The van der Waals surface area contributed by atoms with Gasteiger partial charge in [-0.05, 0) is 41.8 Å². The number of primary sulfonamides is 1. The van der Waals surface area contributed by atoms with Crippen LogP contribution in [0.4, 0.5) is 0 Å². The first-order valence-electron chi connectivity index (χ1n) is 6.98. The lowest BCUT2D eigenvalue weighted by Crippen LogP contribution is -2.35. The molecular formula is C15H16N2O4S2.